The number of nitrogens with zero attached hydrogens (tertiary/aromatic N) is 3. The summed E-state index contributed by atoms with van der Waals surface area (Å²) in [5, 5.41) is 3.64. The summed E-state index contributed by atoms with van der Waals surface area (Å²) in [6, 6.07) is 3.32. The van der Waals surface area contributed by atoms with E-state index in [9.17, 15) is 18.0 Å². The minimum absolute atomic E-state index is 0.0840. The lowest BCUT2D eigenvalue weighted by Gasteiger charge is -2.09. The smallest absolute Gasteiger partial charge is 0.287 e. The molecule has 0 amide bonds. The molecule has 0 saturated heterocycles. The molecule has 0 N–H and O–H groups in total. The highest BCUT2D eigenvalue weighted by molar-refractivity contribution is 6.33. The number of carbonyl (C=O) groups is 1. The van der Waals surface area contributed by atoms with E-state index in [4.69, 9.17) is 11.6 Å². The first-order valence-corrected chi connectivity index (χ1v) is 6.44. The molecule has 0 aliphatic rings. The quantitative estimate of drug-likeness (QED) is 0.643. The van der Waals surface area contributed by atoms with Gasteiger partial charge in [-0.25, -0.2) is 4.98 Å². The Morgan fingerprint density at radius 1 is 1.38 bits per heavy atom. The van der Waals surface area contributed by atoms with Gasteiger partial charge in [0.25, 0.3) is 0 Å². The second-order valence-corrected chi connectivity index (χ2v) is 4.71. The van der Waals surface area contributed by atoms with Gasteiger partial charge < -0.3 is 0 Å². The number of aromatic nitrogens is 3. The molecule has 2 heterocycles. The van der Waals surface area contributed by atoms with Gasteiger partial charge in [0, 0.05) is 6.54 Å². The summed E-state index contributed by atoms with van der Waals surface area (Å²) in [6.45, 7) is 3.98. The Hall–Kier alpha value is -1.89. The Balaban J connectivity index is 2.44. The SMILES string of the molecule is CCn1nc(C)cc1C(=O)c1ccc(C(F)(F)F)nc1Cl. The molecule has 2 aromatic rings. The van der Waals surface area contributed by atoms with Gasteiger partial charge >= 0.3 is 6.18 Å². The van der Waals surface area contributed by atoms with Crippen molar-refractivity contribution in [2.24, 2.45) is 0 Å². The maximum absolute atomic E-state index is 12.5. The molecule has 21 heavy (non-hydrogen) atoms. The van der Waals surface area contributed by atoms with Gasteiger partial charge in [-0.3, -0.25) is 9.48 Å². The number of ketones is 1. The van der Waals surface area contributed by atoms with Gasteiger partial charge in [0.05, 0.1) is 11.3 Å². The van der Waals surface area contributed by atoms with E-state index in [1.54, 1.807) is 19.9 Å². The Morgan fingerprint density at radius 2 is 2.05 bits per heavy atom. The average molecular weight is 318 g/mol. The average Bonchev–Trinajstić information content (AvgIpc) is 2.78. The van der Waals surface area contributed by atoms with Crippen molar-refractivity contribution in [2.45, 2.75) is 26.6 Å². The second kappa shape index (κ2) is 5.48. The molecule has 2 aromatic heterocycles. The van der Waals surface area contributed by atoms with Crippen LogP contribution in [-0.4, -0.2) is 20.5 Å². The lowest BCUT2D eigenvalue weighted by atomic mass is 10.1. The summed E-state index contributed by atoms with van der Waals surface area (Å²) >= 11 is 5.72. The van der Waals surface area contributed by atoms with Gasteiger partial charge in [0.1, 0.15) is 16.5 Å². The van der Waals surface area contributed by atoms with Crippen LogP contribution in [0.15, 0.2) is 18.2 Å². The highest BCUT2D eigenvalue weighted by atomic mass is 35.5. The highest BCUT2D eigenvalue weighted by Crippen LogP contribution is 2.30. The van der Waals surface area contributed by atoms with Crippen LogP contribution in [0, 0.1) is 6.92 Å². The number of hydrogen-bond acceptors (Lipinski definition) is 3. The molecule has 0 bridgehead atoms. The Bertz CT molecular complexity index is 694. The third-order valence-electron chi connectivity index (χ3n) is 2.82. The molecule has 0 aliphatic heterocycles. The summed E-state index contributed by atoms with van der Waals surface area (Å²) in [4.78, 5) is 15.6. The molecule has 0 unspecified atom stereocenters. The molecule has 0 fully saturated rings. The van der Waals surface area contributed by atoms with Gasteiger partial charge in [-0.05, 0) is 32.0 Å². The minimum atomic E-state index is -4.60. The standard InChI is InChI=1S/C13H11ClF3N3O/c1-3-20-9(6-7(2)19-20)11(21)8-4-5-10(13(15,16)17)18-12(8)14/h4-6H,3H2,1-2H3. The first-order chi connectivity index (χ1) is 9.74. The number of aryl methyl sites for hydroxylation is 2. The molecule has 0 aliphatic carbocycles. The monoisotopic (exact) mass is 317 g/mol. The molecule has 0 spiro atoms. The summed E-state index contributed by atoms with van der Waals surface area (Å²) in [7, 11) is 0. The van der Waals surface area contributed by atoms with Crippen LogP contribution in [-0.2, 0) is 12.7 Å². The van der Waals surface area contributed by atoms with E-state index >= 15 is 0 Å². The number of carbonyl (C=O) groups excluding carboxylic acids is 1. The molecule has 8 heteroatoms. The van der Waals surface area contributed by atoms with E-state index in [1.807, 2.05) is 0 Å². The third kappa shape index (κ3) is 3.07. The van der Waals surface area contributed by atoms with Crippen molar-refractivity contribution in [2.75, 3.05) is 0 Å². The number of halogens is 4. The molecule has 0 atom stereocenters. The van der Waals surface area contributed by atoms with Crippen LogP contribution in [0.5, 0.6) is 0 Å². The summed E-state index contributed by atoms with van der Waals surface area (Å²) in [6.07, 6.45) is -4.60. The van der Waals surface area contributed by atoms with Crippen molar-refractivity contribution in [3.8, 4) is 0 Å². The van der Waals surface area contributed by atoms with Gasteiger partial charge in [0.2, 0.25) is 5.78 Å². The predicted octanol–water partition coefficient (Wildman–Crippen LogP) is 3.51. The maximum Gasteiger partial charge on any atom is 0.433 e. The van der Waals surface area contributed by atoms with Crippen molar-refractivity contribution in [3.63, 3.8) is 0 Å². The number of hydrogen-bond donors (Lipinski definition) is 0. The highest BCUT2D eigenvalue weighted by Gasteiger charge is 2.33. The van der Waals surface area contributed by atoms with E-state index in [-0.39, 0.29) is 11.3 Å². The van der Waals surface area contributed by atoms with E-state index in [0.717, 1.165) is 12.1 Å². The third-order valence-corrected chi connectivity index (χ3v) is 3.11. The van der Waals surface area contributed by atoms with Crippen molar-refractivity contribution >= 4 is 17.4 Å². The Kier molecular flexibility index (Phi) is 4.04. The largest absolute Gasteiger partial charge is 0.433 e. The van der Waals surface area contributed by atoms with Crippen molar-refractivity contribution in [1.82, 2.24) is 14.8 Å². The minimum Gasteiger partial charge on any atom is -0.287 e. The van der Waals surface area contributed by atoms with Crippen LogP contribution in [0.4, 0.5) is 13.2 Å². The zero-order valence-corrected chi connectivity index (χ0v) is 12.0. The van der Waals surface area contributed by atoms with E-state index in [1.165, 1.54) is 4.68 Å². The van der Waals surface area contributed by atoms with Crippen LogP contribution >= 0.6 is 11.6 Å². The fourth-order valence-corrected chi connectivity index (χ4v) is 2.11. The molecule has 2 rings (SSSR count). The predicted molar refractivity (Wildman–Crippen MR) is 70.3 cm³/mol. The molecule has 0 radical (unpaired) electrons. The van der Waals surface area contributed by atoms with Crippen LogP contribution < -0.4 is 0 Å². The van der Waals surface area contributed by atoms with Crippen LogP contribution in [0.25, 0.3) is 0 Å². The Labute approximate surface area is 123 Å². The van der Waals surface area contributed by atoms with E-state index in [2.05, 4.69) is 10.1 Å². The zero-order chi connectivity index (χ0) is 15.8. The normalized spacial score (nSPS) is 11.7. The molecule has 0 saturated carbocycles. The van der Waals surface area contributed by atoms with E-state index < -0.39 is 22.8 Å². The molecular weight excluding hydrogens is 307 g/mol. The summed E-state index contributed by atoms with van der Waals surface area (Å²) < 4.78 is 39.0. The Morgan fingerprint density at radius 3 is 2.57 bits per heavy atom. The molecule has 112 valence electrons. The zero-order valence-electron chi connectivity index (χ0n) is 11.2. The van der Waals surface area contributed by atoms with Crippen LogP contribution in [0.1, 0.15) is 34.4 Å². The first kappa shape index (κ1) is 15.5. The number of alkyl halides is 3. The van der Waals surface area contributed by atoms with Gasteiger partial charge in [-0.1, -0.05) is 11.6 Å². The van der Waals surface area contributed by atoms with Gasteiger partial charge in [-0.2, -0.15) is 18.3 Å². The molecule has 0 aromatic carbocycles. The lowest BCUT2D eigenvalue weighted by Crippen LogP contribution is -2.13. The van der Waals surface area contributed by atoms with Gasteiger partial charge in [-0.15, -0.1) is 0 Å². The van der Waals surface area contributed by atoms with Crippen LogP contribution in [0.3, 0.4) is 0 Å². The maximum atomic E-state index is 12.5. The van der Waals surface area contributed by atoms with E-state index in [0.29, 0.717) is 12.2 Å². The first-order valence-electron chi connectivity index (χ1n) is 6.07. The van der Waals surface area contributed by atoms with Crippen LogP contribution in [0.2, 0.25) is 5.15 Å². The lowest BCUT2D eigenvalue weighted by molar-refractivity contribution is -0.141. The number of rotatable bonds is 3. The fourth-order valence-electron chi connectivity index (χ4n) is 1.87. The fraction of sp³-hybridized carbons (Fsp3) is 0.308. The van der Waals surface area contributed by atoms with Crippen molar-refractivity contribution in [1.29, 1.82) is 0 Å². The van der Waals surface area contributed by atoms with Crippen molar-refractivity contribution in [3.05, 3.63) is 46.0 Å². The molecular formula is C13H11ClF3N3O. The summed E-state index contributed by atoms with van der Waals surface area (Å²) in [5.74, 6) is -0.510. The topological polar surface area (TPSA) is 47.8 Å². The molecule has 4 nitrogen and oxygen atoms in total. The van der Waals surface area contributed by atoms with Crippen molar-refractivity contribution < 1.29 is 18.0 Å². The summed E-state index contributed by atoms with van der Waals surface area (Å²) in [5.41, 5.74) is -0.321. The van der Waals surface area contributed by atoms with Gasteiger partial charge in [0.15, 0.2) is 0 Å². The number of pyridine rings is 1. The second-order valence-electron chi connectivity index (χ2n) is 4.35.